The van der Waals surface area contributed by atoms with E-state index in [1.54, 1.807) is 42.7 Å². The lowest BCUT2D eigenvalue weighted by Gasteiger charge is -2.24. The van der Waals surface area contributed by atoms with Gasteiger partial charge in [-0.2, -0.15) is 3.71 Å². The number of hydrogen-bond donors (Lipinski definition) is 2. The zero-order valence-electron chi connectivity index (χ0n) is 20.1. The maximum absolute atomic E-state index is 14.3. The van der Waals surface area contributed by atoms with Crippen molar-refractivity contribution in [3.63, 3.8) is 0 Å². The molecular formula is C26H19Br2N3O4S4. The highest BCUT2D eigenvalue weighted by Gasteiger charge is 2.39. The molecule has 0 saturated carbocycles. The smallest absolute Gasteiger partial charge is 0.277 e. The van der Waals surface area contributed by atoms with Gasteiger partial charge >= 0.3 is 0 Å². The number of thioether (sulfide) groups is 1. The summed E-state index contributed by atoms with van der Waals surface area (Å²) >= 11 is 9.06. The Hall–Kier alpha value is -2.42. The van der Waals surface area contributed by atoms with E-state index in [2.05, 4.69) is 31.9 Å². The molecule has 7 nitrogen and oxygen atoms in total. The highest BCUT2D eigenvalue weighted by molar-refractivity contribution is 9.10. The van der Waals surface area contributed by atoms with Crippen LogP contribution in [0.5, 0.6) is 0 Å². The minimum absolute atomic E-state index is 0.0792. The van der Waals surface area contributed by atoms with Crippen molar-refractivity contribution in [2.45, 2.75) is 14.0 Å². The summed E-state index contributed by atoms with van der Waals surface area (Å²) in [4.78, 5) is -0.113. The van der Waals surface area contributed by atoms with E-state index in [4.69, 9.17) is 11.1 Å². The van der Waals surface area contributed by atoms with Crippen LogP contribution in [0.1, 0.15) is 4.88 Å². The highest BCUT2D eigenvalue weighted by Crippen LogP contribution is 2.43. The van der Waals surface area contributed by atoms with Gasteiger partial charge in [0.1, 0.15) is 5.84 Å². The Morgan fingerprint density at radius 1 is 0.769 bits per heavy atom. The molecule has 0 amide bonds. The quantitative estimate of drug-likeness (QED) is 0.104. The Kier molecular flexibility index (Phi) is 7.59. The first kappa shape index (κ1) is 28.1. The fourth-order valence-electron chi connectivity index (χ4n) is 4.06. The van der Waals surface area contributed by atoms with Gasteiger partial charge in [-0.1, -0.05) is 56.1 Å². The van der Waals surface area contributed by atoms with Gasteiger partial charge in [-0.3, -0.25) is 5.41 Å². The van der Waals surface area contributed by atoms with Gasteiger partial charge in [-0.25, -0.2) is 16.8 Å². The number of thiophene rings is 1. The van der Waals surface area contributed by atoms with Gasteiger partial charge in [0.15, 0.2) is 0 Å². The average molecular weight is 726 g/mol. The Balaban J connectivity index is 1.77. The molecule has 200 valence electrons. The Morgan fingerprint density at radius 2 is 1.21 bits per heavy atom. The van der Waals surface area contributed by atoms with Crippen LogP contribution in [0.15, 0.2) is 102 Å². The third kappa shape index (κ3) is 5.23. The maximum atomic E-state index is 14.3. The summed E-state index contributed by atoms with van der Waals surface area (Å²) in [5.74, 6) is -0.288. The molecule has 1 heterocycles. The molecular weight excluding hydrogens is 706 g/mol. The monoisotopic (exact) mass is 723 g/mol. The molecule has 5 rings (SSSR count). The molecule has 3 N–H and O–H groups in total. The lowest BCUT2D eigenvalue weighted by atomic mass is 10.1. The summed E-state index contributed by atoms with van der Waals surface area (Å²) in [6.45, 7) is 0. The molecule has 13 heteroatoms. The van der Waals surface area contributed by atoms with Gasteiger partial charge in [0.05, 0.1) is 24.6 Å². The molecule has 0 unspecified atom stereocenters. The van der Waals surface area contributed by atoms with Gasteiger partial charge < -0.3 is 5.73 Å². The van der Waals surface area contributed by atoms with Crippen LogP contribution in [0.4, 0.5) is 5.69 Å². The summed E-state index contributed by atoms with van der Waals surface area (Å²) in [6.07, 6.45) is 1.71. The predicted octanol–water partition coefficient (Wildman–Crippen LogP) is 7.17. The van der Waals surface area contributed by atoms with Crippen LogP contribution in [0.3, 0.4) is 0 Å². The lowest BCUT2D eigenvalue weighted by molar-refractivity contribution is 0.584. The van der Waals surface area contributed by atoms with Gasteiger partial charge in [0.2, 0.25) is 0 Å². The molecule has 0 radical (unpaired) electrons. The van der Waals surface area contributed by atoms with Crippen molar-refractivity contribution >= 4 is 108 Å². The second-order valence-electron chi connectivity index (χ2n) is 8.41. The molecule has 0 atom stereocenters. The SMILES string of the molecule is CSc1sc(C(=N)N)cc1N(S(=O)(=O)c1ccc2cc(Br)ccc2c1)S(=O)(=O)c1ccc2cc(Br)ccc2c1. The Morgan fingerprint density at radius 3 is 1.64 bits per heavy atom. The minimum Gasteiger partial charge on any atom is -0.383 e. The number of halogens is 2. The van der Waals surface area contributed by atoms with E-state index in [0.717, 1.165) is 31.1 Å². The second kappa shape index (κ2) is 10.5. The van der Waals surface area contributed by atoms with E-state index in [1.165, 1.54) is 42.1 Å². The van der Waals surface area contributed by atoms with E-state index >= 15 is 0 Å². The predicted molar refractivity (Wildman–Crippen MR) is 167 cm³/mol. The van der Waals surface area contributed by atoms with Gasteiger partial charge in [0.25, 0.3) is 20.0 Å². The fraction of sp³-hybridized carbons (Fsp3) is 0.0385. The summed E-state index contributed by atoms with van der Waals surface area (Å²) in [5, 5.41) is 10.7. The van der Waals surface area contributed by atoms with Gasteiger partial charge in [0, 0.05) is 8.95 Å². The first-order chi connectivity index (χ1) is 18.4. The Bertz CT molecular complexity index is 1890. The molecule has 0 aliphatic carbocycles. The van der Waals surface area contributed by atoms with E-state index < -0.39 is 20.0 Å². The van der Waals surface area contributed by atoms with Crippen LogP contribution >= 0.6 is 55.0 Å². The number of nitrogens with zero attached hydrogens (tertiary/aromatic N) is 1. The van der Waals surface area contributed by atoms with Crippen LogP contribution in [0, 0.1) is 5.41 Å². The molecule has 5 aromatic rings. The molecule has 0 saturated heterocycles. The molecule has 39 heavy (non-hydrogen) atoms. The van der Waals surface area contributed by atoms with Crippen molar-refractivity contribution in [1.82, 2.24) is 0 Å². The third-order valence-electron chi connectivity index (χ3n) is 5.91. The summed E-state index contributed by atoms with van der Waals surface area (Å²) < 4.78 is 59.6. The summed E-state index contributed by atoms with van der Waals surface area (Å²) in [7, 11) is -9.32. The normalized spacial score (nSPS) is 12.2. The largest absolute Gasteiger partial charge is 0.383 e. The molecule has 1 aromatic heterocycles. The van der Waals surface area contributed by atoms with E-state index in [-0.39, 0.29) is 26.2 Å². The van der Waals surface area contributed by atoms with Crippen LogP contribution < -0.4 is 9.44 Å². The molecule has 0 aliphatic rings. The molecule has 4 aromatic carbocycles. The van der Waals surface area contributed by atoms with Crippen LogP contribution in [0.25, 0.3) is 21.5 Å². The number of anilines is 1. The third-order valence-corrected chi connectivity index (χ3v) is 13.3. The standard InChI is InChI=1S/C26H19Br2N3O4S4/c1-36-26-23(14-24(37-26)25(29)30)31(38(32,33)21-8-4-15-10-19(27)6-2-17(15)12-21)39(34,35)22-9-5-16-11-20(28)7-3-18(16)13-22/h2-14H,1H3,(H3,29,30). The first-order valence-corrected chi connectivity index (χ1v) is 17.6. The average Bonchev–Trinajstić information content (AvgIpc) is 3.31. The van der Waals surface area contributed by atoms with Crippen molar-refractivity contribution in [3.8, 4) is 0 Å². The van der Waals surface area contributed by atoms with Crippen molar-refractivity contribution in [2.75, 3.05) is 9.97 Å². The number of sulfonamides is 2. The number of benzene rings is 4. The van der Waals surface area contributed by atoms with E-state index in [0.29, 0.717) is 18.7 Å². The minimum atomic E-state index is -4.66. The topological polar surface area (TPSA) is 121 Å². The van der Waals surface area contributed by atoms with Crippen molar-refractivity contribution in [1.29, 1.82) is 5.41 Å². The number of nitrogens with one attached hydrogen (secondary N) is 1. The first-order valence-electron chi connectivity index (χ1n) is 11.1. The van der Waals surface area contributed by atoms with Crippen molar-refractivity contribution in [3.05, 3.63) is 92.7 Å². The summed E-state index contributed by atoms with van der Waals surface area (Å²) in [5.41, 5.74) is 5.62. The second-order valence-corrected chi connectivity index (χ2v) is 16.2. The Labute approximate surface area is 250 Å². The molecule has 0 bridgehead atoms. The van der Waals surface area contributed by atoms with Crippen LogP contribution in [0.2, 0.25) is 0 Å². The van der Waals surface area contributed by atoms with Crippen molar-refractivity contribution in [2.24, 2.45) is 5.73 Å². The van der Waals surface area contributed by atoms with Crippen LogP contribution in [-0.2, 0) is 20.0 Å². The number of hydrogen-bond acceptors (Lipinski definition) is 7. The highest BCUT2D eigenvalue weighted by atomic mass is 79.9. The number of nitrogen functional groups attached to an aromatic ring is 1. The van der Waals surface area contributed by atoms with Gasteiger partial charge in [-0.05, 0) is 82.4 Å². The summed E-state index contributed by atoms with van der Waals surface area (Å²) in [6, 6.07) is 21.1. The number of amidine groups is 1. The molecule has 0 fully saturated rings. The fourth-order valence-corrected chi connectivity index (χ4v) is 10.5. The number of fused-ring (bicyclic) bond motifs is 2. The van der Waals surface area contributed by atoms with Gasteiger partial charge in [-0.15, -0.1) is 23.1 Å². The van der Waals surface area contributed by atoms with E-state index in [1.807, 2.05) is 12.1 Å². The number of nitrogens with two attached hydrogens (primary N) is 1. The van der Waals surface area contributed by atoms with Crippen molar-refractivity contribution < 1.29 is 16.8 Å². The van der Waals surface area contributed by atoms with E-state index in [9.17, 15) is 16.8 Å². The molecule has 0 spiro atoms. The lowest BCUT2D eigenvalue weighted by Crippen LogP contribution is -2.37. The van der Waals surface area contributed by atoms with Crippen LogP contribution in [-0.4, -0.2) is 28.9 Å². The number of rotatable bonds is 7. The molecule has 0 aliphatic heterocycles. The maximum Gasteiger partial charge on any atom is 0.277 e. The zero-order chi connectivity index (χ0) is 28.1. The zero-order valence-corrected chi connectivity index (χ0v) is 26.5.